The van der Waals surface area contributed by atoms with Gasteiger partial charge in [-0.05, 0) is 56.0 Å². The molecule has 0 N–H and O–H groups in total. The van der Waals surface area contributed by atoms with Crippen molar-refractivity contribution in [2.75, 3.05) is 20.1 Å². The highest BCUT2D eigenvalue weighted by Crippen LogP contribution is 2.44. The molecule has 3 unspecified atom stereocenters. The van der Waals surface area contributed by atoms with Gasteiger partial charge in [0.2, 0.25) is 0 Å². The van der Waals surface area contributed by atoms with Gasteiger partial charge in [-0.15, -0.1) is 23.2 Å². The van der Waals surface area contributed by atoms with E-state index in [9.17, 15) is 0 Å². The average Bonchev–Trinajstić information content (AvgIpc) is 2.65. The van der Waals surface area contributed by atoms with Crippen molar-refractivity contribution in [1.82, 2.24) is 4.90 Å². The predicted octanol–water partition coefficient (Wildman–Crippen LogP) is 5.50. The molecule has 0 aliphatic heterocycles. The molecule has 0 saturated heterocycles. The quantitative estimate of drug-likeness (QED) is 0.550. The summed E-state index contributed by atoms with van der Waals surface area (Å²) < 4.78 is 0. The molecule has 0 heterocycles. The van der Waals surface area contributed by atoms with E-state index in [1.165, 1.54) is 23.1 Å². The molecule has 0 bridgehead atoms. The second-order valence-corrected chi connectivity index (χ2v) is 8.25. The average molecular weight is 376 g/mol. The Morgan fingerprint density at radius 3 is 2.20 bits per heavy atom. The van der Waals surface area contributed by atoms with Gasteiger partial charge in [0.25, 0.3) is 0 Å². The summed E-state index contributed by atoms with van der Waals surface area (Å²) in [5.41, 5.74) is 4.16. The largest absolute Gasteiger partial charge is 0.306 e. The molecule has 1 aliphatic rings. The number of hydrogen-bond acceptors (Lipinski definition) is 1. The summed E-state index contributed by atoms with van der Waals surface area (Å²) in [5, 5.41) is 0.226. The van der Waals surface area contributed by atoms with Crippen LogP contribution in [0.15, 0.2) is 54.6 Å². The van der Waals surface area contributed by atoms with Crippen LogP contribution in [0.25, 0.3) is 0 Å². The SMILES string of the molecule is CN(CCCc1ccc(C2CC(Cl)C2Cl)cc1)CCc1ccccc1. The Morgan fingerprint density at radius 1 is 0.880 bits per heavy atom. The van der Waals surface area contributed by atoms with Gasteiger partial charge in [0.15, 0.2) is 0 Å². The number of nitrogens with zero attached hydrogens (tertiary/aromatic N) is 1. The van der Waals surface area contributed by atoms with Crippen molar-refractivity contribution in [2.45, 2.75) is 42.4 Å². The molecule has 2 aromatic rings. The van der Waals surface area contributed by atoms with E-state index in [1.54, 1.807) is 0 Å². The molecule has 0 spiro atoms. The second kappa shape index (κ2) is 9.07. The van der Waals surface area contributed by atoms with E-state index >= 15 is 0 Å². The summed E-state index contributed by atoms with van der Waals surface area (Å²) in [4.78, 5) is 2.43. The minimum absolute atomic E-state index is 0.0887. The molecule has 2 aromatic carbocycles. The van der Waals surface area contributed by atoms with Crippen molar-refractivity contribution in [1.29, 1.82) is 0 Å². The van der Waals surface area contributed by atoms with E-state index in [4.69, 9.17) is 23.2 Å². The number of benzene rings is 2. The van der Waals surface area contributed by atoms with Crippen molar-refractivity contribution < 1.29 is 0 Å². The first-order chi connectivity index (χ1) is 12.1. The molecule has 1 nitrogen and oxygen atoms in total. The number of rotatable bonds is 8. The van der Waals surface area contributed by atoms with Crippen molar-refractivity contribution in [3.63, 3.8) is 0 Å². The molecule has 3 heteroatoms. The maximum atomic E-state index is 6.29. The number of aryl methyl sites for hydroxylation is 1. The van der Waals surface area contributed by atoms with Crippen molar-refractivity contribution in [2.24, 2.45) is 0 Å². The van der Waals surface area contributed by atoms with Gasteiger partial charge in [-0.2, -0.15) is 0 Å². The third kappa shape index (κ3) is 5.23. The first-order valence-corrected chi connectivity index (χ1v) is 10.1. The number of halogens is 2. The molecule has 0 radical (unpaired) electrons. The Bertz CT molecular complexity index is 641. The van der Waals surface area contributed by atoms with Gasteiger partial charge < -0.3 is 4.90 Å². The van der Waals surface area contributed by atoms with Crippen LogP contribution in [0.5, 0.6) is 0 Å². The number of hydrogen-bond donors (Lipinski definition) is 0. The van der Waals surface area contributed by atoms with Crippen LogP contribution in [0.4, 0.5) is 0 Å². The minimum Gasteiger partial charge on any atom is -0.306 e. The summed E-state index contributed by atoms with van der Waals surface area (Å²) in [7, 11) is 2.21. The van der Waals surface area contributed by atoms with Gasteiger partial charge in [-0.3, -0.25) is 0 Å². The Kier molecular flexibility index (Phi) is 6.81. The van der Waals surface area contributed by atoms with Crippen LogP contribution < -0.4 is 0 Å². The highest BCUT2D eigenvalue weighted by Gasteiger charge is 2.39. The lowest BCUT2D eigenvalue weighted by atomic mass is 9.78. The molecule has 134 valence electrons. The van der Waals surface area contributed by atoms with Crippen LogP contribution in [0.1, 0.15) is 35.4 Å². The molecule has 3 atom stereocenters. The van der Waals surface area contributed by atoms with Crippen LogP contribution in [-0.4, -0.2) is 35.8 Å². The first kappa shape index (κ1) is 18.8. The Balaban J connectivity index is 1.37. The van der Waals surface area contributed by atoms with Crippen molar-refractivity contribution in [3.8, 4) is 0 Å². The molecule has 25 heavy (non-hydrogen) atoms. The Morgan fingerprint density at radius 2 is 1.56 bits per heavy atom. The fourth-order valence-electron chi connectivity index (χ4n) is 3.44. The molecular weight excluding hydrogens is 349 g/mol. The van der Waals surface area contributed by atoms with E-state index < -0.39 is 0 Å². The van der Waals surface area contributed by atoms with E-state index in [0.717, 1.165) is 32.4 Å². The monoisotopic (exact) mass is 375 g/mol. The first-order valence-electron chi connectivity index (χ1n) is 9.23. The Hall–Kier alpha value is -1.02. The summed E-state index contributed by atoms with van der Waals surface area (Å²) >= 11 is 12.4. The predicted molar refractivity (Wildman–Crippen MR) is 109 cm³/mol. The molecule has 1 saturated carbocycles. The van der Waals surface area contributed by atoms with Gasteiger partial charge in [-0.1, -0.05) is 54.6 Å². The van der Waals surface area contributed by atoms with Gasteiger partial charge in [0.05, 0.1) is 10.8 Å². The lowest BCUT2D eigenvalue weighted by Crippen LogP contribution is -2.36. The molecule has 0 amide bonds. The molecule has 0 aromatic heterocycles. The summed E-state index contributed by atoms with van der Waals surface area (Å²) in [6.07, 6.45) is 4.44. The fourth-order valence-corrected chi connectivity index (χ4v) is 4.16. The molecule has 1 fully saturated rings. The van der Waals surface area contributed by atoms with E-state index in [-0.39, 0.29) is 10.8 Å². The van der Waals surface area contributed by atoms with Crippen molar-refractivity contribution >= 4 is 23.2 Å². The van der Waals surface area contributed by atoms with Gasteiger partial charge in [-0.25, -0.2) is 0 Å². The van der Waals surface area contributed by atoms with Crippen LogP contribution in [0.2, 0.25) is 0 Å². The maximum Gasteiger partial charge on any atom is 0.0568 e. The second-order valence-electron chi connectivity index (χ2n) is 7.19. The Labute approximate surface area is 161 Å². The zero-order valence-corrected chi connectivity index (χ0v) is 16.4. The van der Waals surface area contributed by atoms with Crippen LogP contribution >= 0.6 is 23.2 Å². The lowest BCUT2D eigenvalue weighted by Gasteiger charge is -2.37. The van der Waals surface area contributed by atoms with Crippen LogP contribution in [0, 0.1) is 0 Å². The summed E-state index contributed by atoms with van der Waals surface area (Å²) in [5.74, 6) is 0.433. The highest BCUT2D eigenvalue weighted by molar-refractivity contribution is 6.31. The van der Waals surface area contributed by atoms with Gasteiger partial charge >= 0.3 is 0 Å². The summed E-state index contributed by atoms with van der Waals surface area (Å²) in [6.45, 7) is 2.25. The smallest absolute Gasteiger partial charge is 0.0568 e. The summed E-state index contributed by atoms with van der Waals surface area (Å²) in [6, 6.07) is 19.7. The van der Waals surface area contributed by atoms with Crippen molar-refractivity contribution in [3.05, 3.63) is 71.3 Å². The fraction of sp³-hybridized carbons (Fsp3) is 0.455. The maximum absolute atomic E-state index is 6.29. The molecule has 3 rings (SSSR count). The minimum atomic E-state index is 0.0887. The van der Waals surface area contributed by atoms with E-state index in [2.05, 4.69) is 66.5 Å². The molecular formula is C22H27Cl2N. The van der Waals surface area contributed by atoms with Crippen LogP contribution in [-0.2, 0) is 12.8 Å². The zero-order valence-electron chi connectivity index (χ0n) is 14.9. The topological polar surface area (TPSA) is 3.24 Å². The highest BCUT2D eigenvalue weighted by atomic mass is 35.5. The standard InChI is InChI=1S/C22H27Cl2N/c1-25(15-13-17-6-3-2-4-7-17)14-5-8-18-9-11-19(12-10-18)20-16-21(23)22(20)24/h2-4,6-7,9-12,20-22H,5,8,13-16H2,1H3. The third-order valence-electron chi connectivity index (χ3n) is 5.25. The normalized spacial score (nSPS) is 22.8. The van der Waals surface area contributed by atoms with Gasteiger partial charge in [0.1, 0.15) is 0 Å². The number of likely N-dealkylation sites (N-methyl/N-ethyl adjacent to an activating group) is 1. The van der Waals surface area contributed by atoms with E-state index in [1.807, 2.05) is 0 Å². The lowest BCUT2D eigenvalue weighted by molar-refractivity contribution is 0.333. The van der Waals surface area contributed by atoms with Crippen LogP contribution in [0.3, 0.4) is 0 Å². The van der Waals surface area contributed by atoms with Gasteiger partial charge in [0, 0.05) is 12.5 Å². The van der Waals surface area contributed by atoms with E-state index in [0.29, 0.717) is 5.92 Å². The zero-order chi connectivity index (χ0) is 17.6. The third-order valence-corrected chi connectivity index (χ3v) is 6.43. The molecule has 1 aliphatic carbocycles. The number of alkyl halides is 2.